The Kier molecular flexibility index (Phi) is 3.47. The fourth-order valence-corrected chi connectivity index (χ4v) is 4.18. The number of halogens is 1. The number of thiophene rings is 1. The van der Waals surface area contributed by atoms with E-state index in [1.807, 2.05) is 26.0 Å². The normalized spacial score (nSPS) is 17.5. The van der Waals surface area contributed by atoms with Gasteiger partial charge in [0.1, 0.15) is 0 Å². The maximum Gasteiger partial charge on any atom is 0.234 e. The van der Waals surface area contributed by atoms with E-state index >= 15 is 0 Å². The quantitative estimate of drug-likeness (QED) is 0.842. The molecule has 1 unspecified atom stereocenters. The number of aryl methyl sites for hydroxylation is 1. The van der Waals surface area contributed by atoms with Gasteiger partial charge in [-0.1, -0.05) is 12.1 Å². The van der Waals surface area contributed by atoms with Gasteiger partial charge in [-0.15, -0.1) is 11.3 Å². The molecule has 0 radical (unpaired) electrons. The van der Waals surface area contributed by atoms with Gasteiger partial charge in [-0.2, -0.15) is 0 Å². The van der Waals surface area contributed by atoms with Crippen LogP contribution in [0.3, 0.4) is 0 Å². The number of rotatable bonds is 2. The van der Waals surface area contributed by atoms with E-state index in [1.54, 1.807) is 11.3 Å². The van der Waals surface area contributed by atoms with Gasteiger partial charge >= 0.3 is 0 Å². The predicted molar refractivity (Wildman–Crippen MR) is 90.9 cm³/mol. The summed E-state index contributed by atoms with van der Waals surface area (Å²) in [5.74, 6) is 0.0398. The highest BCUT2D eigenvalue weighted by atomic mass is 79.9. The Labute approximate surface area is 136 Å². The van der Waals surface area contributed by atoms with Crippen LogP contribution in [0.5, 0.6) is 0 Å². The zero-order valence-electron chi connectivity index (χ0n) is 12.2. The lowest BCUT2D eigenvalue weighted by atomic mass is 9.84. The third kappa shape index (κ3) is 2.33. The molecule has 0 bridgehead atoms. The summed E-state index contributed by atoms with van der Waals surface area (Å²) >= 11 is 5.20. The van der Waals surface area contributed by atoms with E-state index < -0.39 is 5.41 Å². The Hall–Kier alpha value is -1.17. The van der Waals surface area contributed by atoms with Crippen LogP contribution in [0.15, 0.2) is 28.1 Å². The number of hydrogen-bond donors (Lipinski definition) is 2. The summed E-state index contributed by atoms with van der Waals surface area (Å²) in [4.78, 5) is 13.1. The van der Waals surface area contributed by atoms with Crippen LogP contribution in [-0.2, 0) is 10.2 Å². The second-order valence-corrected chi connectivity index (χ2v) is 8.37. The van der Waals surface area contributed by atoms with Crippen LogP contribution in [0, 0.1) is 6.92 Å². The number of nitrogens with one attached hydrogen (secondary N) is 1. The van der Waals surface area contributed by atoms with E-state index in [-0.39, 0.29) is 11.9 Å². The zero-order chi connectivity index (χ0) is 15.4. The minimum Gasteiger partial charge on any atom is -0.325 e. The molecule has 1 aliphatic rings. The average molecular weight is 365 g/mol. The molecule has 3 N–H and O–H groups in total. The van der Waals surface area contributed by atoms with Gasteiger partial charge in [-0.3, -0.25) is 4.79 Å². The van der Waals surface area contributed by atoms with Gasteiger partial charge in [0.15, 0.2) is 0 Å². The van der Waals surface area contributed by atoms with E-state index in [9.17, 15) is 4.79 Å². The Morgan fingerprint density at radius 2 is 2.05 bits per heavy atom. The molecular weight excluding hydrogens is 348 g/mol. The molecule has 1 atom stereocenters. The van der Waals surface area contributed by atoms with E-state index in [4.69, 9.17) is 5.73 Å². The van der Waals surface area contributed by atoms with Crippen molar-refractivity contribution in [2.24, 2.45) is 5.73 Å². The lowest BCUT2D eigenvalue weighted by molar-refractivity contribution is -0.119. The van der Waals surface area contributed by atoms with Crippen LogP contribution < -0.4 is 11.1 Å². The monoisotopic (exact) mass is 364 g/mol. The maximum absolute atomic E-state index is 12.0. The first-order chi connectivity index (χ1) is 9.80. The fourth-order valence-electron chi connectivity index (χ4n) is 2.58. The lowest BCUT2D eigenvalue weighted by Crippen LogP contribution is -2.27. The molecule has 0 fully saturated rings. The van der Waals surface area contributed by atoms with Crippen molar-refractivity contribution in [2.45, 2.75) is 32.2 Å². The highest BCUT2D eigenvalue weighted by Gasteiger charge is 2.38. The van der Waals surface area contributed by atoms with Crippen molar-refractivity contribution in [3.05, 3.63) is 49.6 Å². The molecule has 1 aliphatic heterocycles. The van der Waals surface area contributed by atoms with Crippen molar-refractivity contribution < 1.29 is 4.79 Å². The summed E-state index contributed by atoms with van der Waals surface area (Å²) in [6.45, 7) is 5.94. The van der Waals surface area contributed by atoms with E-state index in [1.165, 1.54) is 5.56 Å². The van der Waals surface area contributed by atoms with Crippen molar-refractivity contribution in [1.29, 1.82) is 0 Å². The summed E-state index contributed by atoms with van der Waals surface area (Å²) in [5, 5.41) is 2.92. The lowest BCUT2D eigenvalue weighted by Gasteiger charge is -2.17. The zero-order valence-corrected chi connectivity index (χ0v) is 14.6. The molecule has 0 saturated carbocycles. The Balaban J connectivity index is 2.02. The molecule has 3 rings (SSSR count). The van der Waals surface area contributed by atoms with E-state index in [0.29, 0.717) is 0 Å². The SMILES string of the molecule is Cc1cc(C(N)c2ccc3c(c2)C(C)(C)C(=O)N3)sc1Br. The van der Waals surface area contributed by atoms with Crippen LogP contribution in [0.1, 0.15) is 41.5 Å². The van der Waals surface area contributed by atoms with Crippen molar-refractivity contribution in [1.82, 2.24) is 0 Å². The van der Waals surface area contributed by atoms with Crippen molar-refractivity contribution >= 4 is 38.9 Å². The Bertz CT molecular complexity index is 716. The minimum absolute atomic E-state index is 0.0398. The number of nitrogens with two attached hydrogens (primary N) is 1. The number of benzene rings is 1. The van der Waals surface area contributed by atoms with E-state index in [0.717, 1.165) is 25.5 Å². The average Bonchev–Trinajstić information content (AvgIpc) is 2.88. The standard InChI is InChI=1S/C16H17BrN2OS/c1-8-6-12(21-14(8)17)13(18)9-4-5-11-10(7-9)16(2,3)15(20)19-11/h4-7,13H,18H2,1-3H3,(H,19,20). The van der Waals surface area contributed by atoms with Crippen molar-refractivity contribution in [2.75, 3.05) is 5.32 Å². The third-order valence-corrected chi connectivity index (χ3v) is 6.29. The largest absolute Gasteiger partial charge is 0.325 e. The summed E-state index contributed by atoms with van der Waals surface area (Å²) in [7, 11) is 0. The first-order valence-corrected chi connectivity index (χ1v) is 8.39. The molecule has 2 heterocycles. The summed E-state index contributed by atoms with van der Waals surface area (Å²) in [6, 6.07) is 7.94. The molecular formula is C16H17BrN2OS. The van der Waals surface area contributed by atoms with Gasteiger partial charge in [-0.25, -0.2) is 0 Å². The van der Waals surface area contributed by atoms with Gasteiger partial charge in [-0.05, 0) is 65.5 Å². The highest BCUT2D eigenvalue weighted by Crippen LogP contribution is 2.40. The highest BCUT2D eigenvalue weighted by molar-refractivity contribution is 9.11. The molecule has 110 valence electrons. The molecule has 0 aliphatic carbocycles. The van der Waals surface area contributed by atoms with Gasteiger partial charge in [0, 0.05) is 10.6 Å². The molecule has 1 aromatic carbocycles. The van der Waals surface area contributed by atoms with Crippen molar-refractivity contribution in [3.63, 3.8) is 0 Å². The van der Waals surface area contributed by atoms with Crippen LogP contribution in [-0.4, -0.2) is 5.91 Å². The van der Waals surface area contributed by atoms with Crippen molar-refractivity contribution in [3.8, 4) is 0 Å². The number of carbonyl (C=O) groups is 1. The molecule has 0 saturated heterocycles. The van der Waals surface area contributed by atoms with Gasteiger partial charge in [0.25, 0.3) is 0 Å². The van der Waals surface area contributed by atoms with Crippen LogP contribution in [0.2, 0.25) is 0 Å². The van der Waals surface area contributed by atoms with Gasteiger partial charge in [0.2, 0.25) is 5.91 Å². The predicted octanol–water partition coefficient (Wildman–Crippen LogP) is 4.10. The Morgan fingerprint density at radius 3 is 2.67 bits per heavy atom. The number of hydrogen-bond acceptors (Lipinski definition) is 3. The topological polar surface area (TPSA) is 55.1 Å². The summed E-state index contributed by atoms with van der Waals surface area (Å²) in [5.41, 5.74) is 10.0. The Morgan fingerprint density at radius 1 is 1.33 bits per heavy atom. The smallest absolute Gasteiger partial charge is 0.234 e. The number of carbonyl (C=O) groups excluding carboxylic acids is 1. The second kappa shape index (κ2) is 4.93. The summed E-state index contributed by atoms with van der Waals surface area (Å²) < 4.78 is 1.12. The first kappa shape index (κ1) is 14.8. The molecule has 1 amide bonds. The maximum atomic E-state index is 12.0. The minimum atomic E-state index is -0.503. The number of anilines is 1. The van der Waals surface area contributed by atoms with Crippen LogP contribution in [0.4, 0.5) is 5.69 Å². The molecule has 5 heteroatoms. The van der Waals surface area contributed by atoms with Gasteiger partial charge in [0.05, 0.1) is 15.2 Å². The number of fused-ring (bicyclic) bond motifs is 1. The van der Waals surface area contributed by atoms with Crippen LogP contribution in [0.25, 0.3) is 0 Å². The molecule has 0 spiro atoms. The molecule has 1 aromatic heterocycles. The molecule has 21 heavy (non-hydrogen) atoms. The van der Waals surface area contributed by atoms with Crippen LogP contribution >= 0.6 is 27.3 Å². The second-order valence-electron chi connectivity index (χ2n) is 5.97. The van der Waals surface area contributed by atoms with Gasteiger partial charge < -0.3 is 11.1 Å². The molecule has 3 nitrogen and oxygen atoms in total. The number of amides is 1. The van der Waals surface area contributed by atoms with E-state index in [2.05, 4.69) is 40.3 Å². The molecule has 2 aromatic rings. The third-order valence-electron chi connectivity index (χ3n) is 4.07. The summed E-state index contributed by atoms with van der Waals surface area (Å²) in [6.07, 6.45) is 0. The fraction of sp³-hybridized carbons (Fsp3) is 0.312. The first-order valence-electron chi connectivity index (χ1n) is 6.78.